The smallest absolute Gasteiger partial charge is 0.241 e. The molecule has 22 heavy (non-hydrogen) atoms. The Balaban J connectivity index is 2.07. The lowest BCUT2D eigenvalue weighted by Crippen LogP contribution is -2.54. The number of halogens is 1. The molecule has 0 saturated carbocycles. The predicted octanol–water partition coefficient (Wildman–Crippen LogP) is 2.79. The van der Waals surface area contributed by atoms with Crippen molar-refractivity contribution in [2.75, 3.05) is 32.1 Å². The van der Waals surface area contributed by atoms with E-state index in [1.807, 2.05) is 20.8 Å². The molecule has 1 aromatic rings. The number of benzene rings is 1. The van der Waals surface area contributed by atoms with Crippen LogP contribution < -0.4 is 10.1 Å². The summed E-state index contributed by atoms with van der Waals surface area (Å²) in [5.41, 5.74) is 0.347. The first-order valence-corrected chi connectivity index (χ1v) is 7.72. The molecule has 0 aliphatic carbocycles. The number of carbonyl (C=O) groups is 1. The number of methoxy groups -OCH3 is 1. The van der Waals surface area contributed by atoms with Crippen LogP contribution in [0.15, 0.2) is 18.2 Å². The maximum absolute atomic E-state index is 12.5. The van der Waals surface area contributed by atoms with Crippen molar-refractivity contribution in [1.29, 1.82) is 0 Å². The summed E-state index contributed by atoms with van der Waals surface area (Å²) in [6.07, 6.45) is 0. The maximum Gasteiger partial charge on any atom is 0.241 e. The third-order valence-electron chi connectivity index (χ3n) is 3.80. The topological polar surface area (TPSA) is 50.8 Å². The Morgan fingerprint density at radius 1 is 1.50 bits per heavy atom. The molecule has 0 spiro atoms. The molecule has 1 aliphatic heterocycles. The zero-order chi connectivity index (χ0) is 16.3. The van der Waals surface area contributed by atoms with Crippen LogP contribution in [0.2, 0.25) is 5.02 Å². The maximum atomic E-state index is 12.5. The first kappa shape index (κ1) is 17.1. The summed E-state index contributed by atoms with van der Waals surface area (Å²) in [6, 6.07) is 4.89. The number of morpholine rings is 1. The van der Waals surface area contributed by atoms with Gasteiger partial charge in [-0.2, -0.15) is 0 Å². The van der Waals surface area contributed by atoms with Gasteiger partial charge in [0.25, 0.3) is 0 Å². The van der Waals surface area contributed by atoms with Gasteiger partial charge in [-0.15, -0.1) is 0 Å². The van der Waals surface area contributed by atoms with E-state index in [2.05, 4.69) is 10.2 Å². The average Bonchev–Trinajstić information content (AvgIpc) is 2.45. The Hall–Kier alpha value is -1.30. The molecule has 0 bridgehead atoms. The lowest BCUT2D eigenvalue weighted by atomic mass is 10.1. The summed E-state index contributed by atoms with van der Waals surface area (Å²) < 4.78 is 10.9. The minimum Gasteiger partial charge on any atom is -0.495 e. The number of hydrogen-bond acceptors (Lipinski definition) is 4. The van der Waals surface area contributed by atoms with E-state index in [9.17, 15) is 4.79 Å². The van der Waals surface area contributed by atoms with E-state index in [0.29, 0.717) is 29.6 Å². The van der Waals surface area contributed by atoms with Crippen molar-refractivity contribution in [3.63, 3.8) is 0 Å². The monoisotopic (exact) mass is 326 g/mol. The molecule has 1 fully saturated rings. The lowest BCUT2D eigenvalue weighted by Gasteiger charge is -2.40. The molecule has 6 heteroatoms. The quantitative estimate of drug-likeness (QED) is 0.924. The van der Waals surface area contributed by atoms with Crippen LogP contribution in [0.4, 0.5) is 5.69 Å². The Kier molecular flexibility index (Phi) is 5.32. The van der Waals surface area contributed by atoms with Crippen LogP contribution in [-0.2, 0) is 9.53 Å². The van der Waals surface area contributed by atoms with Crippen molar-refractivity contribution in [1.82, 2.24) is 4.90 Å². The van der Waals surface area contributed by atoms with Gasteiger partial charge < -0.3 is 14.8 Å². The molecule has 1 saturated heterocycles. The number of amides is 1. The average molecular weight is 327 g/mol. The van der Waals surface area contributed by atoms with E-state index >= 15 is 0 Å². The summed E-state index contributed by atoms with van der Waals surface area (Å²) in [4.78, 5) is 14.6. The molecule has 1 aliphatic rings. The molecule has 1 unspecified atom stereocenters. The fraction of sp³-hybridized carbons (Fsp3) is 0.562. The number of hydrogen-bond donors (Lipinski definition) is 1. The van der Waals surface area contributed by atoms with Crippen molar-refractivity contribution in [3.8, 4) is 5.75 Å². The zero-order valence-corrected chi connectivity index (χ0v) is 14.2. The summed E-state index contributed by atoms with van der Waals surface area (Å²) in [5, 5.41) is 3.45. The molecule has 1 atom stereocenters. The first-order chi connectivity index (χ1) is 10.3. The summed E-state index contributed by atoms with van der Waals surface area (Å²) in [5.74, 6) is 0.505. The Morgan fingerprint density at radius 3 is 2.86 bits per heavy atom. The SMILES string of the molecule is COc1ccc(Cl)cc1NC(=O)C(C)N1CCOC(C)(C)C1. The van der Waals surface area contributed by atoms with Crippen molar-refractivity contribution < 1.29 is 14.3 Å². The van der Waals surface area contributed by atoms with Crippen molar-refractivity contribution >= 4 is 23.2 Å². The fourth-order valence-corrected chi connectivity index (χ4v) is 2.74. The van der Waals surface area contributed by atoms with Gasteiger partial charge in [0, 0.05) is 18.1 Å². The first-order valence-electron chi connectivity index (χ1n) is 7.35. The van der Waals surface area contributed by atoms with Crippen molar-refractivity contribution in [2.24, 2.45) is 0 Å². The van der Waals surface area contributed by atoms with Crippen LogP contribution in [0.25, 0.3) is 0 Å². The van der Waals surface area contributed by atoms with E-state index in [1.54, 1.807) is 25.3 Å². The largest absolute Gasteiger partial charge is 0.495 e. The van der Waals surface area contributed by atoms with Crippen LogP contribution in [0, 0.1) is 0 Å². The zero-order valence-electron chi connectivity index (χ0n) is 13.5. The number of nitrogens with zero attached hydrogens (tertiary/aromatic N) is 1. The molecule has 0 radical (unpaired) electrons. The van der Waals surface area contributed by atoms with Crippen LogP contribution in [0.5, 0.6) is 5.75 Å². The van der Waals surface area contributed by atoms with Crippen molar-refractivity contribution in [3.05, 3.63) is 23.2 Å². The van der Waals surface area contributed by atoms with Gasteiger partial charge in [0.2, 0.25) is 5.91 Å². The van der Waals surface area contributed by atoms with Gasteiger partial charge >= 0.3 is 0 Å². The van der Waals surface area contributed by atoms with Gasteiger partial charge in [0.05, 0.1) is 31.0 Å². The standard InChI is InChI=1S/C16H23ClN2O3/c1-11(19-7-8-22-16(2,3)10-19)15(20)18-13-9-12(17)5-6-14(13)21-4/h5-6,9,11H,7-8,10H2,1-4H3,(H,18,20). The van der Waals surface area contributed by atoms with Gasteiger partial charge in [-0.3, -0.25) is 9.69 Å². The fourth-order valence-electron chi connectivity index (χ4n) is 2.56. The number of nitrogens with one attached hydrogen (secondary N) is 1. The second-order valence-corrected chi connectivity index (χ2v) is 6.52. The molecular weight excluding hydrogens is 304 g/mol. The molecule has 2 rings (SSSR count). The third kappa shape index (κ3) is 4.12. The number of ether oxygens (including phenoxy) is 2. The van der Waals surface area contributed by atoms with E-state index in [0.717, 1.165) is 6.54 Å². The highest BCUT2D eigenvalue weighted by Crippen LogP contribution is 2.28. The van der Waals surface area contributed by atoms with Crippen LogP contribution in [0.1, 0.15) is 20.8 Å². The van der Waals surface area contributed by atoms with Crippen LogP contribution in [-0.4, -0.2) is 49.3 Å². The molecule has 1 heterocycles. The second kappa shape index (κ2) is 6.86. The van der Waals surface area contributed by atoms with Gasteiger partial charge in [0.1, 0.15) is 5.75 Å². The van der Waals surface area contributed by atoms with E-state index in [1.165, 1.54) is 0 Å². The third-order valence-corrected chi connectivity index (χ3v) is 4.04. The van der Waals surface area contributed by atoms with Gasteiger partial charge in [-0.05, 0) is 39.0 Å². The highest BCUT2D eigenvalue weighted by molar-refractivity contribution is 6.31. The summed E-state index contributed by atoms with van der Waals surface area (Å²) >= 11 is 5.99. The molecule has 1 aromatic carbocycles. The molecule has 1 amide bonds. The van der Waals surface area contributed by atoms with E-state index in [4.69, 9.17) is 21.1 Å². The Labute approximate surface area is 136 Å². The highest BCUT2D eigenvalue weighted by atomic mass is 35.5. The normalized spacial score (nSPS) is 19.5. The highest BCUT2D eigenvalue weighted by Gasteiger charge is 2.32. The molecule has 0 aromatic heterocycles. The molecule has 5 nitrogen and oxygen atoms in total. The summed E-state index contributed by atoms with van der Waals surface area (Å²) in [7, 11) is 1.56. The number of anilines is 1. The molecular formula is C16H23ClN2O3. The lowest BCUT2D eigenvalue weighted by molar-refractivity contribution is -0.129. The van der Waals surface area contributed by atoms with Crippen LogP contribution >= 0.6 is 11.6 Å². The minimum atomic E-state index is -0.258. The van der Waals surface area contributed by atoms with Gasteiger partial charge in [-0.25, -0.2) is 0 Å². The van der Waals surface area contributed by atoms with Crippen LogP contribution in [0.3, 0.4) is 0 Å². The predicted molar refractivity (Wildman–Crippen MR) is 87.7 cm³/mol. The van der Waals surface area contributed by atoms with E-state index in [-0.39, 0.29) is 17.6 Å². The minimum absolute atomic E-state index is 0.0849. The van der Waals surface area contributed by atoms with Crippen molar-refractivity contribution in [2.45, 2.75) is 32.4 Å². The molecule has 122 valence electrons. The van der Waals surface area contributed by atoms with Gasteiger partial charge in [0.15, 0.2) is 0 Å². The number of carbonyl (C=O) groups excluding carboxylic acids is 1. The number of rotatable bonds is 4. The summed E-state index contributed by atoms with van der Waals surface area (Å²) in [6.45, 7) is 8.05. The van der Waals surface area contributed by atoms with E-state index < -0.39 is 0 Å². The molecule has 1 N–H and O–H groups in total. The second-order valence-electron chi connectivity index (χ2n) is 6.09. The Morgan fingerprint density at radius 2 is 2.23 bits per heavy atom. The Bertz CT molecular complexity index is 548. The van der Waals surface area contributed by atoms with Gasteiger partial charge in [-0.1, -0.05) is 11.6 Å².